The van der Waals surface area contributed by atoms with E-state index in [0.29, 0.717) is 18.1 Å². The zero-order valence-electron chi connectivity index (χ0n) is 10.9. The highest BCUT2D eigenvalue weighted by molar-refractivity contribution is 5.39. The number of hydrogen-bond acceptors (Lipinski definition) is 2. The molecule has 0 unspecified atom stereocenters. The van der Waals surface area contributed by atoms with Crippen LogP contribution in [0.2, 0.25) is 0 Å². The van der Waals surface area contributed by atoms with Crippen LogP contribution in [0, 0.1) is 12.7 Å². The minimum absolute atomic E-state index is 0.267. The van der Waals surface area contributed by atoms with Crippen molar-refractivity contribution in [2.75, 3.05) is 6.61 Å². The van der Waals surface area contributed by atoms with Crippen molar-refractivity contribution in [2.45, 2.75) is 19.8 Å². The molecule has 0 radical (unpaired) electrons. The van der Waals surface area contributed by atoms with Crippen LogP contribution in [0.4, 0.5) is 4.39 Å². The van der Waals surface area contributed by atoms with Crippen molar-refractivity contribution in [2.24, 2.45) is 0 Å². The summed E-state index contributed by atoms with van der Waals surface area (Å²) in [5.74, 6) is 0.760. The highest BCUT2D eigenvalue weighted by Gasteiger charge is 2.03. The summed E-state index contributed by atoms with van der Waals surface area (Å²) >= 11 is 0. The molecule has 0 spiro atoms. The fraction of sp³-hybridized carbons (Fsp3) is 0.250. The van der Waals surface area contributed by atoms with Crippen LogP contribution in [0.5, 0.6) is 11.5 Å². The first-order valence-corrected chi connectivity index (χ1v) is 6.32. The number of ether oxygens (including phenoxy) is 1. The van der Waals surface area contributed by atoms with E-state index in [0.717, 1.165) is 24.0 Å². The fourth-order valence-corrected chi connectivity index (χ4v) is 1.90. The van der Waals surface area contributed by atoms with Gasteiger partial charge in [-0.1, -0.05) is 18.2 Å². The minimum Gasteiger partial charge on any atom is -0.507 e. The molecule has 0 saturated heterocycles. The Bertz CT molecular complexity index is 535. The van der Waals surface area contributed by atoms with E-state index in [9.17, 15) is 9.50 Å². The Kier molecular flexibility index (Phi) is 4.39. The van der Waals surface area contributed by atoms with E-state index in [2.05, 4.69) is 0 Å². The van der Waals surface area contributed by atoms with Gasteiger partial charge in [-0.2, -0.15) is 0 Å². The van der Waals surface area contributed by atoms with Gasteiger partial charge in [-0.25, -0.2) is 4.39 Å². The number of aryl methyl sites for hydroxylation is 2. The summed E-state index contributed by atoms with van der Waals surface area (Å²) in [6.45, 7) is 2.42. The molecular weight excluding hydrogens is 243 g/mol. The Hall–Kier alpha value is -2.03. The van der Waals surface area contributed by atoms with Crippen LogP contribution in [-0.4, -0.2) is 11.7 Å². The van der Waals surface area contributed by atoms with Crippen LogP contribution in [0.1, 0.15) is 17.5 Å². The highest BCUT2D eigenvalue weighted by Crippen LogP contribution is 2.22. The maximum Gasteiger partial charge on any atom is 0.123 e. The standard InChI is InChI=1S/C16H17FO2/c1-12-4-2-5-13(16(12)18)6-3-11-19-15-9-7-14(17)8-10-15/h2,4-5,7-10,18H,3,6,11H2,1H3. The van der Waals surface area contributed by atoms with E-state index >= 15 is 0 Å². The molecule has 0 saturated carbocycles. The first-order valence-electron chi connectivity index (χ1n) is 6.32. The summed E-state index contributed by atoms with van der Waals surface area (Å²) in [7, 11) is 0. The molecule has 0 amide bonds. The molecule has 0 bridgehead atoms. The second kappa shape index (κ2) is 6.23. The van der Waals surface area contributed by atoms with Gasteiger partial charge in [-0.15, -0.1) is 0 Å². The fourth-order valence-electron chi connectivity index (χ4n) is 1.90. The van der Waals surface area contributed by atoms with Gasteiger partial charge in [0, 0.05) is 0 Å². The summed E-state index contributed by atoms with van der Waals surface area (Å²) in [5.41, 5.74) is 1.82. The maximum atomic E-state index is 12.7. The van der Waals surface area contributed by atoms with Gasteiger partial charge < -0.3 is 9.84 Å². The van der Waals surface area contributed by atoms with Gasteiger partial charge >= 0.3 is 0 Å². The average Bonchev–Trinajstić information content (AvgIpc) is 2.41. The monoisotopic (exact) mass is 260 g/mol. The van der Waals surface area contributed by atoms with Crippen LogP contribution in [0.25, 0.3) is 0 Å². The van der Waals surface area contributed by atoms with E-state index in [1.54, 1.807) is 12.1 Å². The van der Waals surface area contributed by atoms with Crippen LogP contribution < -0.4 is 4.74 Å². The molecule has 0 atom stereocenters. The van der Waals surface area contributed by atoms with Crippen molar-refractivity contribution in [3.8, 4) is 11.5 Å². The lowest BCUT2D eigenvalue weighted by Gasteiger charge is -2.08. The van der Waals surface area contributed by atoms with E-state index in [-0.39, 0.29) is 5.82 Å². The van der Waals surface area contributed by atoms with Gasteiger partial charge in [-0.3, -0.25) is 0 Å². The number of para-hydroxylation sites is 1. The Balaban J connectivity index is 1.81. The summed E-state index contributed by atoms with van der Waals surface area (Å²) in [5, 5.41) is 9.86. The van der Waals surface area contributed by atoms with E-state index in [1.807, 2.05) is 25.1 Å². The van der Waals surface area contributed by atoms with Crippen LogP contribution >= 0.6 is 0 Å². The zero-order chi connectivity index (χ0) is 13.7. The molecule has 19 heavy (non-hydrogen) atoms. The predicted molar refractivity (Wildman–Crippen MR) is 73.1 cm³/mol. The number of benzene rings is 2. The first kappa shape index (κ1) is 13.4. The summed E-state index contributed by atoms with van der Waals surface area (Å²) in [4.78, 5) is 0. The van der Waals surface area contributed by atoms with Crippen LogP contribution in [-0.2, 0) is 6.42 Å². The molecule has 0 aliphatic heterocycles. The van der Waals surface area contributed by atoms with E-state index in [4.69, 9.17) is 4.74 Å². The van der Waals surface area contributed by atoms with E-state index < -0.39 is 0 Å². The largest absolute Gasteiger partial charge is 0.507 e. The smallest absolute Gasteiger partial charge is 0.123 e. The summed E-state index contributed by atoms with van der Waals surface area (Å²) in [6, 6.07) is 11.7. The topological polar surface area (TPSA) is 29.5 Å². The average molecular weight is 260 g/mol. The van der Waals surface area contributed by atoms with Crippen molar-refractivity contribution >= 4 is 0 Å². The number of phenols is 1. The molecule has 2 aromatic rings. The molecule has 100 valence electrons. The van der Waals surface area contributed by atoms with Crippen molar-refractivity contribution < 1.29 is 14.2 Å². The van der Waals surface area contributed by atoms with Crippen LogP contribution in [0.3, 0.4) is 0 Å². The Morgan fingerprint density at radius 3 is 2.58 bits per heavy atom. The van der Waals surface area contributed by atoms with Crippen molar-refractivity contribution in [3.05, 3.63) is 59.4 Å². The molecule has 2 nitrogen and oxygen atoms in total. The normalized spacial score (nSPS) is 10.4. The second-order valence-corrected chi connectivity index (χ2v) is 4.49. The number of rotatable bonds is 5. The van der Waals surface area contributed by atoms with E-state index in [1.165, 1.54) is 12.1 Å². The zero-order valence-corrected chi connectivity index (χ0v) is 10.9. The van der Waals surface area contributed by atoms with Gasteiger partial charge in [-0.05, 0) is 55.2 Å². The highest BCUT2D eigenvalue weighted by atomic mass is 19.1. The number of hydrogen-bond donors (Lipinski definition) is 1. The van der Waals surface area contributed by atoms with Crippen molar-refractivity contribution in [3.63, 3.8) is 0 Å². The third-order valence-electron chi connectivity index (χ3n) is 2.99. The minimum atomic E-state index is -0.267. The molecule has 0 fully saturated rings. The number of aromatic hydroxyl groups is 1. The Morgan fingerprint density at radius 1 is 1.11 bits per heavy atom. The molecule has 0 aliphatic carbocycles. The number of halogens is 1. The molecule has 0 heterocycles. The molecule has 3 heteroatoms. The summed E-state index contributed by atoms with van der Waals surface area (Å²) < 4.78 is 18.2. The van der Waals surface area contributed by atoms with Crippen molar-refractivity contribution in [1.29, 1.82) is 0 Å². The quantitative estimate of drug-likeness (QED) is 0.827. The molecule has 1 N–H and O–H groups in total. The van der Waals surface area contributed by atoms with Gasteiger partial charge in [0.15, 0.2) is 0 Å². The van der Waals surface area contributed by atoms with Crippen molar-refractivity contribution in [1.82, 2.24) is 0 Å². The van der Waals surface area contributed by atoms with Gasteiger partial charge in [0.25, 0.3) is 0 Å². The van der Waals surface area contributed by atoms with Crippen LogP contribution in [0.15, 0.2) is 42.5 Å². The molecule has 2 aromatic carbocycles. The summed E-state index contributed by atoms with van der Waals surface area (Å²) in [6.07, 6.45) is 1.56. The third kappa shape index (κ3) is 3.71. The molecular formula is C16H17FO2. The second-order valence-electron chi connectivity index (χ2n) is 4.49. The van der Waals surface area contributed by atoms with Gasteiger partial charge in [0.05, 0.1) is 6.61 Å². The van der Waals surface area contributed by atoms with Gasteiger partial charge in [0.1, 0.15) is 17.3 Å². The molecule has 0 aliphatic rings. The number of phenolic OH excluding ortho intramolecular Hbond substituents is 1. The Labute approximate surface area is 112 Å². The lowest BCUT2D eigenvalue weighted by molar-refractivity contribution is 0.309. The lowest BCUT2D eigenvalue weighted by atomic mass is 10.1. The predicted octanol–water partition coefficient (Wildman–Crippen LogP) is 3.85. The maximum absolute atomic E-state index is 12.7. The molecule has 2 rings (SSSR count). The Morgan fingerprint density at radius 2 is 1.84 bits per heavy atom. The first-order chi connectivity index (χ1) is 9.16. The van der Waals surface area contributed by atoms with Gasteiger partial charge in [0.2, 0.25) is 0 Å². The third-order valence-corrected chi connectivity index (χ3v) is 2.99. The SMILES string of the molecule is Cc1cccc(CCCOc2ccc(F)cc2)c1O. The molecule has 0 aromatic heterocycles. The lowest BCUT2D eigenvalue weighted by Crippen LogP contribution is -2.00.